The summed E-state index contributed by atoms with van der Waals surface area (Å²) in [6, 6.07) is 11.8. The second-order valence-electron chi connectivity index (χ2n) is 7.77. The second-order valence-corrected chi connectivity index (χ2v) is 9.04. The van der Waals surface area contributed by atoms with Crippen LogP contribution in [0.1, 0.15) is 31.7 Å². The molecule has 2 aliphatic heterocycles. The van der Waals surface area contributed by atoms with Gasteiger partial charge in [-0.3, -0.25) is 9.89 Å². The molecule has 2 unspecified atom stereocenters. The van der Waals surface area contributed by atoms with Gasteiger partial charge in [0.1, 0.15) is 0 Å². The molecule has 0 aliphatic carbocycles. The largest absolute Gasteiger partial charge is 0.381 e. The lowest BCUT2D eigenvalue weighted by molar-refractivity contribution is 0.0782. The summed E-state index contributed by atoms with van der Waals surface area (Å²) in [5.74, 6) is 0.925. The summed E-state index contributed by atoms with van der Waals surface area (Å²) in [7, 11) is 1.87. The van der Waals surface area contributed by atoms with Gasteiger partial charge in [0, 0.05) is 56.7 Å². The average molecular weight is 519 g/mol. The third-order valence-corrected chi connectivity index (χ3v) is 7.33. The number of rotatable bonds is 6. The number of guanidine groups is 1. The smallest absolute Gasteiger partial charge is 0.191 e. The fraction of sp³-hybridized carbons (Fsp3) is 0.667. The molecule has 2 fully saturated rings. The van der Waals surface area contributed by atoms with E-state index in [9.17, 15) is 0 Å². The van der Waals surface area contributed by atoms with Crippen molar-refractivity contribution in [3.05, 3.63) is 35.9 Å². The lowest BCUT2D eigenvalue weighted by Crippen LogP contribution is -2.50. The molecule has 1 aromatic carbocycles. The summed E-state index contributed by atoms with van der Waals surface area (Å²) < 4.78 is 5.81. The molecule has 2 atom stereocenters. The van der Waals surface area contributed by atoms with Crippen LogP contribution in [0.5, 0.6) is 0 Å². The third kappa shape index (κ3) is 6.50. The fourth-order valence-electron chi connectivity index (χ4n) is 4.07. The van der Waals surface area contributed by atoms with Crippen molar-refractivity contribution in [2.75, 3.05) is 39.6 Å². The van der Waals surface area contributed by atoms with Crippen molar-refractivity contribution in [3.63, 3.8) is 0 Å². The fourth-order valence-corrected chi connectivity index (χ4v) is 4.86. The van der Waals surface area contributed by atoms with E-state index in [-0.39, 0.29) is 28.7 Å². The first-order valence-electron chi connectivity index (χ1n) is 10.0. The average Bonchev–Trinajstić information content (AvgIpc) is 3.05. The van der Waals surface area contributed by atoms with E-state index in [4.69, 9.17) is 4.74 Å². The summed E-state index contributed by atoms with van der Waals surface area (Å²) in [5, 5.41) is 7.23. The van der Waals surface area contributed by atoms with Crippen LogP contribution >= 0.6 is 35.7 Å². The molecule has 5 nitrogen and oxygen atoms in total. The molecule has 3 rings (SSSR count). The third-order valence-electron chi connectivity index (χ3n) is 5.91. The van der Waals surface area contributed by atoms with E-state index in [0.717, 1.165) is 58.1 Å². The maximum atomic E-state index is 5.55. The van der Waals surface area contributed by atoms with Crippen molar-refractivity contribution >= 4 is 41.7 Å². The SMILES string of the molecule is CN=C(NCC1(SC)CCOCC1)NC1CC(C)N(Cc2ccccc2)C1.I. The summed E-state index contributed by atoms with van der Waals surface area (Å²) in [5.41, 5.74) is 1.38. The van der Waals surface area contributed by atoms with Crippen molar-refractivity contribution in [2.24, 2.45) is 4.99 Å². The zero-order valence-corrected chi connectivity index (χ0v) is 20.5. The first kappa shape index (κ1) is 23.8. The maximum Gasteiger partial charge on any atom is 0.191 e. The molecule has 0 saturated carbocycles. The Morgan fingerprint density at radius 2 is 2.00 bits per heavy atom. The zero-order chi connectivity index (χ0) is 19.1. The molecular weight excluding hydrogens is 483 g/mol. The Balaban J connectivity index is 0.00000280. The van der Waals surface area contributed by atoms with E-state index >= 15 is 0 Å². The Kier molecular flexibility index (Phi) is 9.86. The van der Waals surface area contributed by atoms with Gasteiger partial charge < -0.3 is 15.4 Å². The van der Waals surface area contributed by atoms with Crippen LogP contribution in [0.15, 0.2) is 35.3 Å². The van der Waals surface area contributed by atoms with Crippen molar-refractivity contribution in [3.8, 4) is 0 Å². The van der Waals surface area contributed by atoms with Gasteiger partial charge >= 0.3 is 0 Å². The Hall–Kier alpha value is -0.510. The molecule has 2 heterocycles. The van der Waals surface area contributed by atoms with Crippen LogP contribution in [0.25, 0.3) is 0 Å². The number of aliphatic imine (C=N–C) groups is 1. The van der Waals surface area contributed by atoms with Gasteiger partial charge in [-0.1, -0.05) is 30.3 Å². The summed E-state index contributed by atoms with van der Waals surface area (Å²) >= 11 is 1.96. The number of nitrogens with zero attached hydrogens (tertiary/aromatic N) is 2. The Morgan fingerprint density at radius 1 is 1.29 bits per heavy atom. The first-order valence-corrected chi connectivity index (χ1v) is 11.2. The predicted octanol–water partition coefficient (Wildman–Crippen LogP) is 3.34. The molecule has 2 N–H and O–H groups in total. The number of hydrogen-bond donors (Lipinski definition) is 2. The van der Waals surface area contributed by atoms with E-state index in [0.29, 0.717) is 12.1 Å². The number of nitrogens with one attached hydrogen (secondary N) is 2. The number of halogens is 1. The Bertz CT molecular complexity index is 610. The number of hydrogen-bond acceptors (Lipinski definition) is 4. The number of thioether (sulfide) groups is 1. The molecule has 0 bridgehead atoms. The van der Waals surface area contributed by atoms with Crippen LogP contribution in [0.2, 0.25) is 0 Å². The van der Waals surface area contributed by atoms with E-state index < -0.39 is 0 Å². The van der Waals surface area contributed by atoms with E-state index in [1.807, 2.05) is 18.8 Å². The van der Waals surface area contributed by atoms with Gasteiger partial charge in [-0.25, -0.2) is 0 Å². The van der Waals surface area contributed by atoms with E-state index in [1.165, 1.54) is 5.56 Å². The highest BCUT2D eigenvalue weighted by atomic mass is 127. The molecular formula is C21H35IN4OS. The van der Waals surface area contributed by atoms with Gasteiger partial charge in [-0.2, -0.15) is 11.8 Å². The molecule has 0 radical (unpaired) electrons. The van der Waals surface area contributed by atoms with Gasteiger partial charge in [0.05, 0.1) is 0 Å². The highest BCUT2D eigenvalue weighted by molar-refractivity contribution is 14.0. The van der Waals surface area contributed by atoms with Crippen molar-refractivity contribution in [2.45, 2.75) is 49.6 Å². The van der Waals surface area contributed by atoms with Gasteiger partial charge in [-0.15, -0.1) is 24.0 Å². The summed E-state index contributed by atoms with van der Waals surface area (Å²) in [4.78, 5) is 7.03. The lowest BCUT2D eigenvalue weighted by atomic mass is 9.99. The molecule has 158 valence electrons. The van der Waals surface area contributed by atoms with Crippen LogP contribution in [0.3, 0.4) is 0 Å². The normalized spacial score (nSPS) is 25.2. The molecule has 1 aromatic rings. The summed E-state index contributed by atoms with van der Waals surface area (Å²) in [6.45, 7) is 7.06. The van der Waals surface area contributed by atoms with Crippen LogP contribution < -0.4 is 10.6 Å². The van der Waals surface area contributed by atoms with Gasteiger partial charge in [-0.05, 0) is 38.0 Å². The molecule has 7 heteroatoms. The molecule has 2 aliphatic rings. The molecule has 28 heavy (non-hydrogen) atoms. The highest BCUT2D eigenvalue weighted by Gasteiger charge is 2.33. The highest BCUT2D eigenvalue weighted by Crippen LogP contribution is 2.33. The maximum absolute atomic E-state index is 5.55. The van der Waals surface area contributed by atoms with E-state index in [2.05, 4.69) is 64.0 Å². The topological polar surface area (TPSA) is 48.9 Å². The second kappa shape index (κ2) is 11.6. The standard InChI is InChI=1S/C21H34N4OS.HI/c1-17-13-19(15-25(17)14-18-7-5-4-6-8-18)24-20(22-2)23-16-21(27-3)9-11-26-12-10-21;/h4-8,17,19H,9-16H2,1-3H3,(H2,22,23,24);1H. The Morgan fingerprint density at radius 3 is 2.64 bits per heavy atom. The Labute approximate surface area is 191 Å². The van der Waals surface area contributed by atoms with Crippen LogP contribution in [-0.4, -0.2) is 67.3 Å². The molecule has 0 spiro atoms. The zero-order valence-electron chi connectivity index (χ0n) is 17.3. The van der Waals surface area contributed by atoms with Gasteiger partial charge in [0.15, 0.2) is 5.96 Å². The van der Waals surface area contributed by atoms with E-state index in [1.54, 1.807) is 0 Å². The van der Waals surface area contributed by atoms with Crippen LogP contribution in [-0.2, 0) is 11.3 Å². The minimum Gasteiger partial charge on any atom is -0.381 e. The van der Waals surface area contributed by atoms with Crippen molar-refractivity contribution < 1.29 is 4.74 Å². The van der Waals surface area contributed by atoms with Crippen molar-refractivity contribution in [1.82, 2.24) is 15.5 Å². The minimum atomic E-state index is 0. The lowest BCUT2D eigenvalue weighted by Gasteiger charge is -2.36. The van der Waals surface area contributed by atoms with Crippen LogP contribution in [0.4, 0.5) is 0 Å². The first-order chi connectivity index (χ1) is 13.1. The molecule has 0 aromatic heterocycles. The molecule has 2 saturated heterocycles. The van der Waals surface area contributed by atoms with Crippen molar-refractivity contribution in [1.29, 1.82) is 0 Å². The van der Waals surface area contributed by atoms with Crippen LogP contribution in [0, 0.1) is 0 Å². The van der Waals surface area contributed by atoms with Gasteiger partial charge in [0.25, 0.3) is 0 Å². The number of likely N-dealkylation sites (tertiary alicyclic amines) is 1. The molecule has 0 amide bonds. The summed E-state index contributed by atoms with van der Waals surface area (Å²) in [6.07, 6.45) is 5.56. The number of benzene rings is 1. The predicted molar refractivity (Wildman–Crippen MR) is 131 cm³/mol. The quantitative estimate of drug-likeness (QED) is 0.344. The van der Waals surface area contributed by atoms with Gasteiger partial charge in [0.2, 0.25) is 0 Å². The minimum absolute atomic E-state index is 0. The number of ether oxygens (including phenoxy) is 1. The monoisotopic (exact) mass is 518 g/mol.